The van der Waals surface area contributed by atoms with Crippen molar-refractivity contribution in [2.45, 2.75) is 129 Å². The molecule has 3 nitrogen and oxygen atoms in total. The fourth-order valence-electron chi connectivity index (χ4n) is 3.20. The van der Waals surface area contributed by atoms with E-state index in [4.69, 9.17) is 5.73 Å². The molecule has 0 saturated heterocycles. The van der Waals surface area contributed by atoms with Crippen LogP contribution in [-0.4, -0.2) is 11.4 Å². The van der Waals surface area contributed by atoms with E-state index in [-0.39, 0.29) is 11.4 Å². The normalized spacial score (nSPS) is 10.5. The zero-order chi connectivity index (χ0) is 17.0. The molecule has 146 valence electrons. The number of nitrogens with two attached hydrogens (primary N) is 1. The fourth-order valence-corrected chi connectivity index (χ4v) is 3.20. The van der Waals surface area contributed by atoms with Gasteiger partial charge in [-0.15, -0.1) is 0 Å². The van der Waals surface area contributed by atoms with Gasteiger partial charge in [0.1, 0.15) is 0 Å². The van der Waals surface area contributed by atoms with Gasteiger partial charge in [-0.25, -0.2) is 0 Å². The summed E-state index contributed by atoms with van der Waals surface area (Å²) in [6.07, 6.45) is 25.3. The molecule has 4 N–H and O–H groups in total. The van der Waals surface area contributed by atoms with Crippen LogP contribution in [0, 0.1) is 0 Å². The number of rotatable bonds is 19. The third kappa shape index (κ3) is 23.7. The zero-order valence-corrected chi connectivity index (χ0v) is 16.4. The summed E-state index contributed by atoms with van der Waals surface area (Å²) in [5.41, 5.74) is 5.13. The predicted molar refractivity (Wildman–Crippen MR) is 106 cm³/mol. The molecule has 0 aromatic heterocycles. The molecule has 0 aliphatic heterocycles. The van der Waals surface area contributed by atoms with Gasteiger partial charge in [0.15, 0.2) is 0 Å². The lowest BCUT2D eigenvalue weighted by Crippen LogP contribution is -2.09. The van der Waals surface area contributed by atoms with E-state index >= 15 is 0 Å². The molecule has 1 amide bonds. The van der Waals surface area contributed by atoms with Crippen molar-refractivity contribution in [2.75, 3.05) is 0 Å². The molecular weight excluding hydrogens is 298 g/mol. The van der Waals surface area contributed by atoms with Gasteiger partial charge in [0.05, 0.1) is 0 Å². The first kappa shape index (κ1) is 25.7. The van der Waals surface area contributed by atoms with Gasteiger partial charge in [0, 0.05) is 6.42 Å². The molecule has 0 aliphatic rings. The van der Waals surface area contributed by atoms with E-state index in [9.17, 15) is 4.79 Å². The van der Waals surface area contributed by atoms with Crippen molar-refractivity contribution in [1.29, 1.82) is 0 Å². The van der Waals surface area contributed by atoms with E-state index in [1.165, 1.54) is 109 Å². The highest BCUT2D eigenvalue weighted by atomic mass is 16.1. The van der Waals surface area contributed by atoms with Gasteiger partial charge in [0.2, 0.25) is 5.91 Å². The van der Waals surface area contributed by atoms with E-state index in [1.54, 1.807) is 0 Å². The Kier molecular flexibility index (Phi) is 24.0. The lowest BCUT2D eigenvalue weighted by molar-refractivity contribution is -0.118. The summed E-state index contributed by atoms with van der Waals surface area (Å²) in [6.45, 7) is 2.28. The lowest BCUT2D eigenvalue weighted by atomic mass is 10.0. The van der Waals surface area contributed by atoms with Crippen LogP contribution < -0.4 is 5.73 Å². The minimum atomic E-state index is -0.151. The Morgan fingerprint density at radius 3 is 1.04 bits per heavy atom. The molecule has 0 aromatic rings. The predicted octanol–water partition coefficient (Wildman–Crippen LogP) is 6.08. The first-order valence-corrected chi connectivity index (χ1v) is 10.6. The Morgan fingerprint density at radius 1 is 0.542 bits per heavy atom. The van der Waals surface area contributed by atoms with Gasteiger partial charge in [-0.2, -0.15) is 0 Å². The Hall–Kier alpha value is -0.570. The highest BCUT2D eigenvalue weighted by Gasteiger charge is 1.96. The van der Waals surface area contributed by atoms with Gasteiger partial charge < -0.3 is 11.2 Å². The summed E-state index contributed by atoms with van der Waals surface area (Å²) in [4.78, 5) is 10.6. The molecule has 0 rings (SSSR count). The largest absolute Gasteiger partial charge is 0.412 e. The summed E-state index contributed by atoms with van der Waals surface area (Å²) in [7, 11) is 0. The zero-order valence-electron chi connectivity index (χ0n) is 16.4. The minimum absolute atomic E-state index is 0. The smallest absolute Gasteiger partial charge is 0.217 e. The number of primary amides is 1. The first-order chi connectivity index (χ1) is 11.3. The average molecular weight is 344 g/mol. The summed E-state index contributed by atoms with van der Waals surface area (Å²) < 4.78 is 0. The van der Waals surface area contributed by atoms with Crippen molar-refractivity contribution < 1.29 is 10.3 Å². The van der Waals surface area contributed by atoms with Crippen LogP contribution in [-0.2, 0) is 4.79 Å². The molecule has 0 heterocycles. The highest BCUT2D eigenvalue weighted by molar-refractivity contribution is 5.73. The second kappa shape index (κ2) is 22.4. The molecule has 0 atom stereocenters. The Morgan fingerprint density at radius 2 is 0.792 bits per heavy atom. The molecule has 0 aliphatic carbocycles. The van der Waals surface area contributed by atoms with Crippen molar-refractivity contribution in [1.82, 2.24) is 0 Å². The van der Waals surface area contributed by atoms with E-state index in [2.05, 4.69) is 6.92 Å². The Labute approximate surface area is 151 Å². The van der Waals surface area contributed by atoms with E-state index < -0.39 is 0 Å². The number of unbranched alkanes of at least 4 members (excludes halogenated alkanes) is 17. The van der Waals surface area contributed by atoms with E-state index in [0.717, 1.165) is 6.42 Å². The average Bonchev–Trinajstić information content (AvgIpc) is 2.53. The second-order valence-electron chi connectivity index (χ2n) is 7.23. The fraction of sp³-hybridized carbons (Fsp3) is 0.952. The molecule has 0 saturated carbocycles. The van der Waals surface area contributed by atoms with Gasteiger partial charge in [-0.1, -0.05) is 116 Å². The second-order valence-corrected chi connectivity index (χ2v) is 7.23. The Bertz CT molecular complexity index is 244. The molecule has 0 aromatic carbocycles. The molecule has 0 unspecified atom stereocenters. The molecule has 0 radical (unpaired) electrons. The van der Waals surface area contributed by atoms with Gasteiger partial charge in [-0.05, 0) is 6.42 Å². The number of hydrogen-bond acceptors (Lipinski definition) is 1. The number of hydrogen-bond donors (Lipinski definition) is 1. The van der Waals surface area contributed by atoms with Crippen molar-refractivity contribution >= 4 is 5.91 Å². The van der Waals surface area contributed by atoms with Crippen LogP contribution in [0.2, 0.25) is 0 Å². The molecule has 24 heavy (non-hydrogen) atoms. The summed E-state index contributed by atoms with van der Waals surface area (Å²) in [5, 5.41) is 0. The van der Waals surface area contributed by atoms with Crippen molar-refractivity contribution in [2.24, 2.45) is 5.73 Å². The first-order valence-electron chi connectivity index (χ1n) is 10.6. The van der Waals surface area contributed by atoms with Crippen LogP contribution in [0.5, 0.6) is 0 Å². The standard InChI is InChI=1S/C21H43NO.H2O/c1-2-3-4-5-6-7-8-9-10-11-12-13-14-15-16-17-18-19-20-21(22)23;/h2-20H2,1H3,(H2,22,23);1H2. The van der Waals surface area contributed by atoms with Crippen LogP contribution >= 0.6 is 0 Å². The van der Waals surface area contributed by atoms with Gasteiger partial charge in [0.25, 0.3) is 0 Å². The van der Waals surface area contributed by atoms with Crippen molar-refractivity contribution in [3.8, 4) is 0 Å². The Balaban J connectivity index is 0. The SMILES string of the molecule is CCCCCCCCCCCCCCCCCCCCC(N)=O.O. The van der Waals surface area contributed by atoms with E-state index in [0.29, 0.717) is 6.42 Å². The maximum atomic E-state index is 10.6. The maximum Gasteiger partial charge on any atom is 0.217 e. The summed E-state index contributed by atoms with van der Waals surface area (Å²) >= 11 is 0. The van der Waals surface area contributed by atoms with Crippen LogP contribution in [0.1, 0.15) is 129 Å². The quantitative estimate of drug-likeness (QED) is 0.283. The van der Waals surface area contributed by atoms with Crippen LogP contribution in [0.4, 0.5) is 0 Å². The lowest BCUT2D eigenvalue weighted by Gasteiger charge is -2.03. The monoisotopic (exact) mass is 343 g/mol. The molecule has 0 spiro atoms. The summed E-state index contributed by atoms with van der Waals surface area (Å²) in [6, 6.07) is 0. The minimum Gasteiger partial charge on any atom is -0.412 e. The number of amides is 1. The third-order valence-corrected chi connectivity index (χ3v) is 4.78. The van der Waals surface area contributed by atoms with Crippen LogP contribution in [0.3, 0.4) is 0 Å². The molecule has 0 fully saturated rings. The highest BCUT2D eigenvalue weighted by Crippen LogP contribution is 2.14. The van der Waals surface area contributed by atoms with Crippen LogP contribution in [0.25, 0.3) is 0 Å². The van der Waals surface area contributed by atoms with Crippen molar-refractivity contribution in [3.63, 3.8) is 0 Å². The number of carbonyl (C=O) groups is 1. The molecule has 3 heteroatoms. The molecular formula is C21H45NO2. The summed E-state index contributed by atoms with van der Waals surface area (Å²) in [5.74, 6) is -0.151. The topological polar surface area (TPSA) is 74.6 Å². The van der Waals surface area contributed by atoms with Crippen molar-refractivity contribution in [3.05, 3.63) is 0 Å². The molecule has 0 bridgehead atoms. The maximum absolute atomic E-state index is 10.6. The van der Waals surface area contributed by atoms with Crippen LogP contribution in [0.15, 0.2) is 0 Å². The van der Waals surface area contributed by atoms with Gasteiger partial charge >= 0.3 is 0 Å². The van der Waals surface area contributed by atoms with Gasteiger partial charge in [-0.3, -0.25) is 4.79 Å². The number of carbonyl (C=O) groups excluding carboxylic acids is 1. The third-order valence-electron chi connectivity index (χ3n) is 4.78. The van der Waals surface area contributed by atoms with E-state index in [1.807, 2.05) is 0 Å².